The molecule has 0 spiro atoms. The molecule has 8 nitrogen and oxygen atoms in total. The van der Waals surface area contributed by atoms with Gasteiger partial charge in [-0.05, 0) is 50.0 Å². The summed E-state index contributed by atoms with van der Waals surface area (Å²) in [6, 6.07) is 16.4. The highest BCUT2D eigenvalue weighted by molar-refractivity contribution is 6.38. The highest BCUT2D eigenvalue weighted by atomic mass is 35.5. The Morgan fingerprint density at radius 1 is 1.05 bits per heavy atom. The third-order valence-corrected chi connectivity index (χ3v) is 7.48. The number of benzene rings is 3. The van der Waals surface area contributed by atoms with E-state index in [-0.39, 0.29) is 21.6 Å². The van der Waals surface area contributed by atoms with Crippen molar-refractivity contribution >= 4 is 39.8 Å². The van der Waals surface area contributed by atoms with Gasteiger partial charge in [0.1, 0.15) is 17.1 Å². The number of para-hydroxylation sites is 2. The molecule has 0 amide bonds. The first-order chi connectivity index (χ1) is 19.2. The molecule has 3 aromatic carbocycles. The van der Waals surface area contributed by atoms with Crippen molar-refractivity contribution < 1.29 is 19.0 Å². The fourth-order valence-electron chi connectivity index (χ4n) is 5.24. The number of carboxylic acid groups (broad SMARTS) is 1. The van der Waals surface area contributed by atoms with E-state index >= 15 is 4.39 Å². The van der Waals surface area contributed by atoms with E-state index in [1.165, 1.54) is 6.20 Å². The number of rotatable bonds is 7. The van der Waals surface area contributed by atoms with Crippen molar-refractivity contribution in [2.45, 2.75) is 6.54 Å². The summed E-state index contributed by atoms with van der Waals surface area (Å²) in [4.78, 5) is 31.1. The van der Waals surface area contributed by atoms with Gasteiger partial charge in [0.2, 0.25) is 5.43 Å². The van der Waals surface area contributed by atoms with Crippen LogP contribution in [0.1, 0.15) is 15.9 Å². The van der Waals surface area contributed by atoms with Gasteiger partial charge in [0.25, 0.3) is 0 Å². The third-order valence-electron chi connectivity index (χ3n) is 7.12. The second-order valence-corrected chi connectivity index (χ2v) is 10.4. The molecular formula is C30H30ClFN4O4. The van der Waals surface area contributed by atoms with E-state index in [1.54, 1.807) is 11.7 Å². The summed E-state index contributed by atoms with van der Waals surface area (Å²) in [5.74, 6) is -1.30. The van der Waals surface area contributed by atoms with Crippen LogP contribution in [-0.2, 0) is 6.54 Å². The van der Waals surface area contributed by atoms with Crippen molar-refractivity contribution in [3.05, 3.63) is 93.0 Å². The molecule has 0 radical (unpaired) electrons. The van der Waals surface area contributed by atoms with E-state index in [2.05, 4.69) is 4.90 Å². The number of anilines is 2. The quantitative estimate of drug-likeness (QED) is 0.343. The largest absolute Gasteiger partial charge is 0.495 e. The number of ether oxygens (including phenoxy) is 1. The molecule has 4 aromatic rings. The minimum absolute atomic E-state index is 0.0622. The number of carboxylic acids is 1. The highest BCUT2D eigenvalue weighted by Crippen LogP contribution is 2.38. The van der Waals surface area contributed by atoms with Gasteiger partial charge in [0, 0.05) is 44.6 Å². The number of aromatic carboxylic acids is 1. The van der Waals surface area contributed by atoms with Gasteiger partial charge in [-0.2, -0.15) is 0 Å². The van der Waals surface area contributed by atoms with Gasteiger partial charge >= 0.3 is 5.97 Å². The van der Waals surface area contributed by atoms with E-state index in [1.807, 2.05) is 72.4 Å². The number of hydrogen-bond donors (Lipinski definition) is 1. The van der Waals surface area contributed by atoms with Crippen LogP contribution in [0.5, 0.6) is 5.75 Å². The van der Waals surface area contributed by atoms with Crippen LogP contribution >= 0.6 is 11.6 Å². The molecule has 0 unspecified atom stereocenters. The van der Waals surface area contributed by atoms with Gasteiger partial charge in [0.15, 0.2) is 0 Å². The van der Waals surface area contributed by atoms with Crippen LogP contribution in [0.4, 0.5) is 15.8 Å². The molecule has 1 aromatic heterocycles. The molecule has 2 heterocycles. The van der Waals surface area contributed by atoms with Crippen molar-refractivity contribution in [2.75, 3.05) is 57.2 Å². The zero-order chi connectivity index (χ0) is 28.6. The maximum absolute atomic E-state index is 15.7. The monoisotopic (exact) mass is 564 g/mol. The van der Waals surface area contributed by atoms with Crippen LogP contribution in [-0.4, -0.2) is 67.9 Å². The van der Waals surface area contributed by atoms with Crippen LogP contribution in [0, 0.1) is 5.82 Å². The van der Waals surface area contributed by atoms with E-state index < -0.39 is 22.8 Å². The van der Waals surface area contributed by atoms with Crippen molar-refractivity contribution in [3.63, 3.8) is 0 Å². The fourth-order valence-corrected chi connectivity index (χ4v) is 5.64. The number of halogens is 2. The number of carbonyl (C=O) groups is 1. The van der Waals surface area contributed by atoms with E-state index in [4.69, 9.17) is 16.3 Å². The minimum Gasteiger partial charge on any atom is -0.495 e. The van der Waals surface area contributed by atoms with Crippen LogP contribution < -0.4 is 20.0 Å². The van der Waals surface area contributed by atoms with Crippen LogP contribution in [0.15, 0.2) is 65.6 Å². The van der Waals surface area contributed by atoms with Gasteiger partial charge < -0.3 is 29.1 Å². The highest BCUT2D eigenvalue weighted by Gasteiger charge is 2.27. The molecule has 208 valence electrons. The van der Waals surface area contributed by atoms with E-state index in [0.29, 0.717) is 31.9 Å². The average Bonchev–Trinajstić information content (AvgIpc) is 2.94. The Bertz CT molecular complexity index is 1630. The number of aromatic nitrogens is 1. The first-order valence-corrected chi connectivity index (χ1v) is 13.2. The molecule has 5 rings (SSSR count). The lowest BCUT2D eigenvalue weighted by Gasteiger charge is -2.38. The Labute approximate surface area is 236 Å². The SMILES string of the molecule is COc1ccccc1N1CCN(c2c(F)cc3c(=O)c(C(=O)O)cn(-c4ccc(CN(C)C)cc4)c3c2Cl)CC1. The Hall–Kier alpha value is -4.08. The Balaban J connectivity index is 1.58. The normalized spacial score (nSPS) is 13.8. The Morgan fingerprint density at radius 3 is 2.33 bits per heavy atom. The lowest BCUT2D eigenvalue weighted by Crippen LogP contribution is -2.47. The van der Waals surface area contributed by atoms with Crippen LogP contribution in [0.25, 0.3) is 16.6 Å². The molecule has 10 heteroatoms. The zero-order valence-electron chi connectivity index (χ0n) is 22.5. The molecule has 1 aliphatic rings. The molecule has 1 aliphatic heterocycles. The Morgan fingerprint density at radius 2 is 1.70 bits per heavy atom. The predicted octanol–water partition coefficient (Wildman–Crippen LogP) is 4.88. The smallest absolute Gasteiger partial charge is 0.341 e. The number of hydrogen-bond acceptors (Lipinski definition) is 6. The second-order valence-electron chi connectivity index (χ2n) is 10.0. The number of methoxy groups -OCH3 is 1. The summed E-state index contributed by atoms with van der Waals surface area (Å²) in [6.07, 6.45) is 1.27. The van der Waals surface area contributed by atoms with Crippen molar-refractivity contribution in [1.29, 1.82) is 0 Å². The Kier molecular flexibility index (Phi) is 7.69. The first-order valence-electron chi connectivity index (χ1n) is 12.9. The molecule has 0 aliphatic carbocycles. The lowest BCUT2D eigenvalue weighted by atomic mass is 10.1. The average molecular weight is 565 g/mol. The lowest BCUT2D eigenvalue weighted by molar-refractivity contribution is 0.0695. The van der Waals surface area contributed by atoms with E-state index in [0.717, 1.165) is 29.6 Å². The van der Waals surface area contributed by atoms with Crippen LogP contribution in [0.3, 0.4) is 0 Å². The van der Waals surface area contributed by atoms with E-state index in [9.17, 15) is 14.7 Å². The number of fused-ring (bicyclic) bond motifs is 1. The zero-order valence-corrected chi connectivity index (χ0v) is 23.3. The van der Waals surface area contributed by atoms with Gasteiger partial charge in [-0.3, -0.25) is 4.79 Å². The summed E-state index contributed by atoms with van der Waals surface area (Å²) in [7, 11) is 5.56. The molecule has 0 saturated carbocycles. The standard InChI is InChI=1S/C30H30ClFN4O4/c1-33(2)17-19-8-10-20(11-9-19)36-18-22(30(38)39)29(37)21-16-23(32)28(26(31)27(21)36)35-14-12-34(13-15-35)24-6-4-5-7-25(24)40-3/h4-11,16,18H,12-15,17H2,1-3H3,(H,38,39). The maximum Gasteiger partial charge on any atom is 0.341 e. The molecule has 0 atom stereocenters. The molecule has 40 heavy (non-hydrogen) atoms. The molecule has 0 bridgehead atoms. The first kappa shape index (κ1) is 27.5. The third kappa shape index (κ3) is 5.10. The van der Waals surface area contributed by atoms with Gasteiger partial charge in [-0.25, -0.2) is 9.18 Å². The fraction of sp³-hybridized carbons (Fsp3) is 0.267. The van der Waals surface area contributed by atoms with Gasteiger partial charge in [-0.1, -0.05) is 35.9 Å². The van der Waals surface area contributed by atoms with Gasteiger partial charge in [0.05, 0.1) is 34.4 Å². The van der Waals surface area contributed by atoms with Crippen LogP contribution in [0.2, 0.25) is 5.02 Å². The number of pyridine rings is 1. The minimum atomic E-state index is -1.39. The summed E-state index contributed by atoms with van der Waals surface area (Å²) < 4.78 is 22.7. The van der Waals surface area contributed by atoms with Crippen molar-refractivity contribution in [2.24, 2.45) is 0 Å². The summed E-state index contributed by atoms with van der Waals surface area (Å²) in [5, 5.41) is 9.70. The predicted molar refractivity (Wildman–Crippen MR) is 156 cm³/mol. The van der Waals surface area contributed by atoms with Crippen molar-refractivity contribution in [3.8, 4) is 11.4 Å². The molecule has 1 N–H and O–H groups in total. The number of piperazine rings is 1. The summed E-state index contributed by atoms with van der Waals surface area (Å²) in [6.45, 7) is 2.90. The molecular weight excluding hydrogens is 535 g/mol. The maximum atomic E-state index is 15.7. The molecule has 1 saturated heterocycles. The second kappa shape index (κ2) is 11.2. The van der Waals surface area contributed by atoms with Crippen molar-refractivity contribution in [1.82, 2.24) is 9.47 Å². The van der Waals surface area contributed by atoms with Gasteiger partial charge in [-0.15, -0.1) is 0 Å². The molecule has 1 fully saturated rings. The number of nitrogens with zero attached hydrogens (tertiary/aromatic N) is 4. The topological polar surface area (TPSA) is 78.2 Å². The summed E-state index contributed by atoms with van der Waals surface area (Å²) in [5.41, 5.74) is 1.84. The summed E-state index contributed by atoms with van der Waals surface area (Å²) >= 11 is 6.91.